The lowest BCUT2D eigenvalue weighted by molar-refractivity contribution is 0.764. The topological polar surface area (TPSA) is 56.7 Å². The highest BCUT2D eigenvalue weighted by molar-refractivity contribution is 5.78. The van der Waals surface area contributed by atoms with Gasteiger partial charge in [0.05, 0.1) is 23.4 Å². The molecule has 0 amide bonds. The second kappa shape index (κ2) is 4.23. The first-order chi connectivity index (χ1) is 8.74. The molecule has 0 spiro atoms. The molecule has 0 aliphatic heterocycles. The van der Waals surface area contributed by atoms with Crippen LogP contribution in [-0.2, 0) is 7.05 Å². The highest BCUT2D eigenvalue weighted by Crippen LogP contribution is 2.20. The van der Waals surface area contributed by atoms with Gasteiger partial charge in [0.2, 0.25) is 0 Å². The summed E-state index contributed by atoms with van der Waals surface area (Å²) in [5.74, 6) is 0. The van der Waals surface area contributed by atoms with E-state index in [9.17, 15) is 0 Å². The van der Waals surface area contributed by atoms with Crippen molar-refractivity contribution in [3.8, 4) is 0 Å². The Kier molecular flexibility index (Phi) is 2.57. The van der Waals surface area contributed by atoms with Crippen LogP contribution >= 0.6 is 0 Å². The molecule has 90 valence electrons. The molecule has 0 saturated heterocycles. The van der Waals surface area contributed by atoms with E-state index in [1.807, 2.05) is 49.6 Å². The third-order valence-electron chi connectivity index (χ3n) is 3.02. The van der Waals surface area contributed by atoms with Gasteiger partial charge in [-0.05, 0) is 12.1 Å². The third-order valence-corrected chi connectivity index (χ3v) is 3.02. The third kappa shape index (κ3) is 1.87. The van der Waals surface area contributed by atoms with E-state index >= 15 is 0 Å². The summed E-state index contributed by atoms with van der Waals surface area (Å²) in [4.78, 5) is 4.60. The van der Waals surface area contributed by atoms with Crippen LogP contribution in [-0.4, -0.2) is 14.8 Å². The maximum atomic E-state index is 6.20. The number of fused-ring (bicyclic) bond motifs is 1. The quantitative estimate of drug-likeness (QED) is 0.743. The molecule has 0 aliphatic rings. The van der Waals surface area contributed by atoms with Crippen LogP contribution in [0.25, 0.3) is 10.9 Å². The minimum atomic E-state index is -0.233. The van der Waals surface area contributed by atoms with Crippen molar-refractivity contribution in [2.24, 2.45) is 12.8 Å². The summed E-state index contributed by atoms with van der Waals surface area (Å²) in [6, 6.07) is 11.8. The van der Waals surface area contributed by atoms with Gasteiger partial charge in [0.15, 0.2) is 0 Å². The number of pyridine rings is 1. The highest BCUT2D eigenvalue weighted by Gasteiger charge is 2.12. The Morgan fingerprint density at radius 2 is 2.00 bits per heavy atom. The Morgan fingerprint density at radius 3 is 2.78 bits per heavy atom. The van der Waals surface area contributed by atoms with Gasteiger partial charge in [-0.2, -0.15) is 5.10 Å². The second-order valence-electron chi connectivity index (χ2n) is 4.35. The predicted octanol–water partition coefficient (Wildman–Crippen LogP) is 2.02. The van der Waals surface area contributed by atoms with E-state index in [1.165, 1.54) is 0 Å². The molecule has 0 saturated carbocycles. The van der Waals surface area contributed by atoms with Crippen molar-refractivity contribution in [1.29, 1.82) is 0 Å². The van der Waals surface area contributed by atoms with Crippen molar-refractivity contribution in [2.75, 3.05) is 0 Å². The SMILES string of the molecule is Cn1cc(C(N)c2ccc3ccccc3n2)cn1. The van der Waals surface area contributed by atoms with Gasteiger partial charge in [0.1, 0.15) is 0 Å². The van der Waals surface area contributed by atoms with Gasteiger partial charge >= 0.3 is 0 Å². The van der Waals surface area contributed by atoms with E-state index < -0.39 is 0 Å². The zero-order valence-corrected chi connectivity index (χ0v) is 10.1. The number of hydrogen-bond acceptors (Lipinski definition) is 3. The van der Waals surface area contributed by atoms with Gasteiger partial charge in [-0.15, -0.1) is 0 Å². The molecule has 0 bridgehead atoms. The highest BCUT2D eigenvalue weighted by atomic mass is 15.2. The van der Waals surface area contributed by atoms with Gasteiger partial charge in [-0.3, -0.25) is 9.67 Å². The van der Waals surface area contributed by atoms with Gasteiger partial charge < -0.3 is 5.73 Å². The van der Waals surface area contributed by atoms with Crippen LogP contribution in [0.2, 0.25) is 0 Å². The van der Waals surface area contributed by atoms with Crippen LogP contribution in [0.3, 0.4) is 0 Å². The fraction of sp³-hybridized carbons (Fsp3) is 0.143. The van der Waals surface area contributed by atoms with Crippen LogP contribution in [0.4, 0.5) is 0 Å². The van der Waals surface area contributed by atoms with Crippen LogP contribution in [0.1, 0.15) is 17.3 Å². The van der Waals surface area contributed by atoms with E-state index in [2.05, 4.69) is 10.1 Å². The van der Waals surface area contributed by atoms with Crippen molar-refractivity contribution < 1.29 is 0 Å². The Hall–Kier alpha value is -2.20. The minimum Gasteiger partial charge on any atom is -0.319 e. The van der Waals surface area contributed by atoms with Crippen LogP contribution in [0, 0.1) is 0 Å². The molecule has 1 aromatic carbocycles. The summed E-state index contributed by atoms with van der Waals surface area (Å²) in [7, 11) is 1.88. The van der Waals surface area contributed by atoms with Crippen molar-refractivity contribution in [3.05, 3.63) is 60.0 Å². The molecule has 3 aromatic rings. The maximum Gasteiger partial charge on any atom is 0.0757 e. The van der Waals surface area contributed by atoms with E-state index in [4.69, 9.17) is 5.73 Å². The first-order valence-electron chi connectivity index (χ1n) is 5.84. The molecule has 4 heteroatoms. The van der Waals surface area contributed by atoms with Crippen LogP contribution in [0.15, 0.2) is 48.8 Å². The number of nitrogens with two attached hydrogens (primary N) is 1. The lowest BCUT2D eigenvalue weighted by Gasteiger charge is -2.09. The molecule has 1 unspecified atom stereocenters. The average Bonchev–Trinajstić information content (AvgIpc) is 2.84. The second-order valence-corrected chi connectivity index (χ2v) is 4.35. The van der Waals surface area contributed by atoms with E-state index in [1.54, 1.807) is 10.9 Å². The number of rotatable bonds is 2. The molecule has 1 atom stereocenters. The Bertz CT molecular complexity index is 687. The largest absolute Gasteiger partial charge is 0.319 e. The summed E-state index contributed by atoms with van der Waals surface area (Å²) in [5.41, 5.74) is 9.01. The number of benzene rings is 1. The number of nitrogens with zero attached hydrogens (tertiary/aromatic N) is 3. The predicted molar refractivity (Wildman–Crippen MR) is 71.0 cm³/mol. The first kappa shape index (κ1) is 10.9. The molecule has 2 aromatic heterocycles. The summed E-state index contributed by atoms with van der Waals surface area (Å²) >= 11 is 0. The molecule has 0 radical (unpaired) electrons. The number of hydrogen-bond donors (Lipinski definition) is 1. The Balaban J connectivity index is 2.03. The molecular formula is C14H14N4. The number of para-hydroxylation sites is 1. The van der Waals surface area contributed by atoms with Crippen molar-refractivity contribution in [1.82, 2.24) is 14.8 Å². The monoisotopic (exact) mass is 238 g/mol. The Labute approximate surface area is 105 Å². The summed E-state index contributed by atoms with van der Waals surface area (Å²) in [6.45, 7) is 0. The first-order valence-corrected chi connectivity index (χ1v) is 5.84. The molecule has 0 fully saturated rings. The van der Waals surface area contributed by atoms with Crippen molar-refractivity contribution in [3.63, 3.8) is 0 Å². The fourth-order valence-electron chi connectivity index (χ4n) is 2.03. The van der Waals surface area contributed by atoms with Crippen molar-refractivity contribution in [2.45, 2.75) is 6.04 Å². The standard InChI is InChI=1S/C14H14N4/c1-18-9-11(8-16-18)14(15)13-7-6-10-4-2-3-5-12(10)17-13/h2-9,14H,15H2,1H3. The van der Waals surface area contributed by atoms with E-state index in [0.717, 1.165) is 22.2 Å². The summed E-state index contributed by atoms with van der Waals surface area (Å²) < 4.78 is 1.75. The van der Waals surface area contributed by atoms with Crippen LogP contribution in [0.5, 0.6) is 0 Å². The van der Waals surface area contributed by atoms with Gasteiger partial charge in [0, 0.05) is 24.2 Å². The number of aromatic nitrogens is 3. The van der Waals surface area contributed by atoms with Gasteiger partial charge in [0.25, 0.3) is 0 Å². The molecule has 2 N–H and O–H groups in total. The zero-order valence-electron chi connectivity index (χ0n) is 10.1. The molecule has 0 aliphatic carbocycles. The lowest BCUT2D eigenvalue weighted by atomic mass is 10.1. The van der Waals surface area contributed by atoms with Gasteiger partial charge in [-0.25, -0.2) is 0 Å². The Morgan fingerprint density at radius 1 is 1.17 bits per heavy atom. The maximum absolute atomic E-state index is 6.20. The lowest BCUT2D eigenvalue weighted by Crippen LogP contribution is -2.12. The molecule has 4 nitrogen and oxygen atoms in total. The average molecular weight is 238 g/mol. The minimum absolute atomic E-state index is 0.233. The summed E-state index contributed by atoms with van der Waals surface area (Å²) in [6.07, 6.45) is 3.70. The normalized spacial score (nSPS) is 12.8. The fourth-order valence-corrected chi connectivity index (χ4v) is 2.03. The number of aryl methyl sites for hydroxylation is 1. The summed E-state index contributed by atoms with van der Waals surface area (Å²) in [5, 5.41) is 5.26. The zero-order chi connectivity index (χ0) is 12.5. The van der Waals surface area contributed by atoms with Crippen LogP contribution < -0.4 is 5.73 Å². The molecule has 2 heterocycles. The molecule has 3 rings (SSSR count). The molecular weight excluding hydrogens is 224 g/mol. The van der Waals surface area contributed by atoms with Crippen molar-refractivity contribution >= 4 is 10.9 Å². The van der Waals surface area contributed by atoms with E-state index in [0.29, 0.717) is 0 Å². The smallest absolute Gasteiger partial charge is 0.0757 e. The van der Waals surface area contributed by atoms with Gasteiger partial charge in [-0.1, -0.05) is 24.3 Å². The van der Waals surface area contributed by atoms with E-state index in [-0.39, 0.29) is 6.04 Å². The molecule has 18 heavy (non-hydrogen) atoms.